The van der Waals surface area contributed by atoms with Gasteiger partial charge in [-0.3, -0.25) is 0 Å². The molecule has 1 aliphatic heterocycles. The molecule has 0 unspecified atom stereocenters. The highest BCUT2D eigenvalue weighted by Gasteiger charge is 2.53. The maximum Gasteiger partial charge on any atom is 0.381 e. The summed E-state index contributed by atoms with van der Waals surface area (Å²) in [4.78, 5) is 52.8. The molecule has 6 rings (SSSR count). The molecule has 5 atom stereocenters. The van der Waals surface area contributed by atoms with Gasteiger partial charge in [-0.05, 0) is 84.8 Å². The van der Waals surface area contributed by atoms with Crippen LogP contribution in [0.25, 0.3) is 11.1 Å². The normalized spacial score (nSPS) is 19.4. The second-order valence-electron chi connectivity index (χ2n) is 12.3. The first kappa shape index (κ1) is 38.3. The predicted molar refractivity (Wildman–Crippen MR) is 190 cm³/mol. The molecule has 0 aliphatic carbocycles. The number of carbonyl (C=O) groups is 4. The number of methoxy groups -OCH3 is 1. The molecule has 1 heterocycles. The molecular weight excluding hydrogens is 721 g/mol. The van der Waals surface area contributed by atoms with E-state index in [1.54, 1.807) is 54.6 Å². The van der Waals surface area contributed by atoms with Crippen molar-refractivity contribution < 1.29 is 60.8 Å². The van der Waals surface area contributed by atoms with Crippen molar-refractivity contribution in [3.05, 3.63) is 162 Å². The number of ether oxygens (including phenoxy) is 6. The summed E-state index contributed by atoms with van der Waals surface area (Å²) in [6.45, 7) is 1.51. The largest absolute Gasteiger partial charge is 0.464 e. The molecule has 1 aliphatic rings. The number of carbonyl (C=O) groups excluding carboxylic acids is 4. The zero-order valence-electron chi connectivity index (χ0n) is 29.3. The van der Waals surface area contributed by atoms with E-state index in [-0.39, 0.29) is 33.6 Å². The molecule has 1 saturated heterocycles. The van der Waals surface area contributed by atoms with Crippen LogP contribution in [0.2, 0.25) is 0 Å². The van der Waals surface area contributed by atoms with Gasteiger partial charge < -0.3 is 28.4 Å². The Morgan fingerprint density at radius 2 is 1.13 bits per heavy atom. The summed E-state index contributed by atoms with van der Waals surface area (Å²) in [6.07, 6.45) is -7.32. The highest BCUT2D eigenvalue weighted by atomic mass is 19.3. The van der Waals surface area contributed by atoms with Gasteiger partial charge in [-0.1, -0.05) is 66.7 Å². The molecule has 5 aromatic rings. The van der Waals surface area contributed by atoms with E-state index in [2.05, 4.69) is 4.74 Å². The summed E-state index contributed by atoms with van der Waals surface area (Å²) >= 11 is 0. The lowest BCUT2D eigenvalue weighted by atomic mass is 9.95. The van der Waals surface area contributed by atoms with E-state index in [9.17, 15) is 23.6 Å². The van der Waals surface area contributed by atoms with Crippen LogP contribution >= 0.6 is 0 Å². The summed E-state index contributed by atoms with van der Waals surface area (Å²) in [5, 5.41) is 0. The molecular formula is C42H33F3O10. The summed E-state index contributed by atoms with van der Waals surface area (Å²) in [5.74, 6) is -9.46. The van der Waals surface area contributed by atoms with E-state index in [1.165, 1.54) is 55.5 Å². The molecule has 10 nitrogen and oxygen atoms in total. The Balaban J connectivity index is 1.43. The Bertz CT molecular complexity index is 2150. The Morgan fingerprint density at radius 3 is 1.64 bits per heavy atom. The highest BCUT2D eigenvalue weighted by Crippen LogP contribution is 2.40. The number of halogens is 3. The van der Waals surface area contributed by atoms with Crippen molar-refractivity contribution in [1.82, 2.24) is 0 Å². The quantitative estimate of drug-likeness (QED) is 0.0986. The van der Waals surface area contributed by atoms with Crippen LogP contribution in [0.4, 0.5) is 13.2 Å². The first-order chi connectivity index (χ1) is 26.5. The predicted octanol–water partition coefficient (Wildman–Crippen LogP) is 7.56. The lowest BCUT2D eigenvalue weighted by molar-refractivity contribution is -0.266. The molecule has 0 aromatic heterocycles. The van der Waals surface area contributed by atoms with Gasteiger partial charge in [-0.25, -0.2) is 23.6 Å². The third-order valence-corrected chi connectivity index (χ3v) is 8.64. The van der Waals surface area contributed by atoms with Gasteiger partial charge in [0.15, 0.2) is 12.2 Å². The maximum atomic E-state index is 15.4. The minimum absolute atomic E-state index is 0.0310. The maximum absolute atomic E-state index is 15.4. The van der Waals surface area contributed by atoms with Gasteiger partial charge in [0.25, 0.3) is 0 Å². The van der Waals surface area contributed by atoms with Crippen LogP contribution in [-0.2, 0) is 34.4 Å². The molecule has 0 saturated carbocycles. The molecule has 55 heavy (non-hydrogen) atoms. The number of esters is 4. The van der Waals surface area contributed by atoms with Crippen LogP contribution in [0.15, 0.2) is 133 Å². The van der Waals surface area contributed by atoms with Crippen molar-refractivity contribution in [1.29, 1.82) is 0 Å². The van der Waals surface area contributed by atoms with Crippen LogP contribution in [0.3, 0.4) is 0 Å². The van der Waals surface area contributed by atoms with E-state index >= 15 is 8.78 Å². The minimum Gasteiger partial charge on any atom is -0.464 e. The Kier molecular flexibility index (Phi) is 11.6. The van der Waals surface area contributed by atoms with Crippen molar-refractivity contribution in [2.75, 3.05) is 7.11 Å². The third-order valence-electron chi connectivity index (χ3n) is 8.64. The van der Waals surface area contributed by atoms with E-state index in [0.717, 1.165) is 37.4 Å². The second kappa shape index (κ2) is 16.7. The van der Waals surface area contributed by atoms with Gasteiger partial charge in [0.1, 0.15) is 11.6 Å². The number of hydrogen-bond donors (Lipinski definition) is 0. The van der Waals surface area contributed by atoms with Crippen molar-refractivity contribution in [2.45, 2.75) is 43.6 Å². The molecule has 13 heteroatoms. The molecule has 0 N–H and O–H groups in total. The van der Waals surface area contributed by atoms with Gasteiger partial charge in [0.05, 0.1) is 29.9 Å². The van der Waals surface area contributed by atoms with Gasteiger partial charge in [-0.15, -0.1) is 0 Å². The Morgan fingerprint density at radius 1 is 0.618 bits per heavy atom. The average Bonchev–Trinajstić information content (AvgIpc) is 3.20. The van der Waals surface area contributed by atoms with Crippen molar-refractivity contribution in [2.24, 2.45) is 0 Å². The first-order valence-corrected chi connectivity index (χ1v) is 16.9. The summed E-state index contributed by atoms with van der Waals surface area (Å²) < 4.78 is 79.7. The Hall–Kier alpha value is -6.47. The van der Waals surface area contributed by atoms with Gasteiger partial charge in [0, 0.05) is 5.56 Å². The van der Waals surface area contributed by atoms with Crippen molar-refractivity contribution in [3.8, 4) is 16.9 Å². The van der Waals surface area contributed by atoms with E-state index in [0.29, 0.717) is 0 Å². The fraction of sp³-hybridized carbons (Fsp3) is 0.190. The molecule has 1 fully saturated rings. The topological polar surface area (TPSA) is 124 Å². The number of benzene rings is 5. The summed E-state index contributed by atoms with van der Waals surface area (Å²) in [6, 6.07) is 31.6. The Labute approximate surface area is 313 Å². The molecule has 282 valence electrons. The van der Waals surface area contributed by atoms with E-state index < -0.39 is 71.9 Å². The van der Waals surface area contributed by atoms with E-state index in [1.807, 2.05) is 0 Å². The number of alkyl halides is 2. The summed E-state index contributed by atoms with van der Waals surface area (Å²) in [5.41, 5.74) is -0.735. The van der Waals surface area contributed by atoms with Crippen molar-refractivity contribution >= 4 is 23.9 Å². The van der Waals surface area contributed by atoms with Crippen LogP contribution in [0.5, 0.6) is 5.75 Å². The number of rotatable bonds is 11. The zero-order chi connectivity index (χ0) is 39.1. The lowest BCUT2D eigenvalue weighted by Crippen LogP contribution is -2.62. The second-order valence-corrected chi connectivity index (χ2v) is 12.3. The number of hydrogen-bond acceptors (Lipinski definition) is 10. The van der Waals surface area contributed by atoms with Gasteiger partial charge in [-0.2, -0.15) is 8.78 Å². The fourth-order valence-corrected chi connectivity index (χ4v) is 5.93. The monoisotopic (exact) mass is 754 g/mol. The fourth-order valence-electron chi connectivity index (χ4n) is 5.93. The SMILES string of the molecule is COC(=O)C(F)(F)c1ccc(O[C@@H]2O[C@@H](C)[C@H](OC(=O)c3ccccc3)[C@@H](OC(=O)c3ccccc3)[C@H]2OC(=O)c2ccccc2)cc1-c1cccc(F)c1. The van der Waals surface area contributed by atoms with Gasteiger partial charge in [0.2, 0.25) is 12.4 Å². The first-order valence-electron chi connectivity index (χ1n) is 16.9. The standard InChI is InChI=1S/C42H33F3O10/c1-25-34(53-37(46)26-13-6-3-7-14-26)35(54-38(47)27-15-8-4-9-16-27)36(55-39(48)28-17-10-5-11-18-28)40(51-25)52-31-21-22-33(42(44,45)41(49)50-2)32(24-31)29-19-12-20-30(43)23-29/h3-25,34-36,40H,1-2H3/t25-,34-,35+,36+,40-/m0/s1. The third kappa shape index (κ3) is 8.68. The van der Waals surface area contributed by atoms with Crippen LogP contribution in [0, 0.1) is 5.82 Å². The molecule has 5 aromatic carbocycles. The average molecular weight is 755 g/mol. The molecule has 0 bridgehead atoms. The highest BCUT2D eigenvalue weighted by molar-refractivity contribution is 5.91. The molecule has 0 radical (unpaired) electrons. The smallest absolute Gasteiger partial charge is 0.381 e. The van der Waals surface area contributed by atoms with Crippen LogP contribution in [-0.4, -0.2) is 61.7 Å². The molecule has 0 amide bonds. The minimum atomic E-state index is -4.16. The summed E-state index contributed by atoms with van der Waals surface area (Å²) in [7, 11) is 0.805. The molecule has 0 spiro atoms. The van der Waals surface area contributed by atoms with E-state index in [4.69, 9.17) is 23.7 Å². The van der Waals surface area contributed by atoms with Crippen molar-refractivity contribution in [3.63, 3.8) is 0 Å². The van der Waals surface area contributed by atoms with Crippen LogP contribution in [0.1, 0.15) is 43.6 Å². The van der Waals surface area contributed by atoms with Crippen LogP contribution < -0.4 is 4.74 Å². The van der Waals surface area contributed by atoms with Gasteiger partial charge >= 0.3 is 29.8 Å². The zero-order valence-corrected chi connectivity index (χ0v) is 29.3. The lowest BCUT2D eigenvalue weighted by Gasteiger charge is -2.43.